The van der Waals surface area contributed by atoms with E-state index >= 15 is 0 Å². The Hall–Kier alpha value is -3.75. The number of ether oxygens (including phenoxy) is 2. The molecule has 2 atom stereocenters. The summed E-state index contributed by atoms with van der Waals surface area (Å²) in [5.74, 6) is -3.09. The summed E-state index contributed by atoms with van der Waals surface area (Å²) >= 11 is 0. The fourth-order valence-electron chi connectivity index (χ4n) is 3.37. The Balaban J connectivity index is 2.05. The fourth-order valence-corrected chi connectivity index (χ4v) is 3.37. The van der Waals surface area contributed by atoms with Gasteiger partial charge in [-0.05, 0) is 44.0 Å². The number of rotatable bonds is 10. The third-order valence-electron chi connectivity index (χ3n) is 4.90. The maximum Gasteiger partial charge on any atom is 0.310 e. The second kappa shape index (κ2) is 12.1. The van der Waals surface area contributed by atoms with Crippen molar-refractivity contribution in [2.45, 2.75) is 65.1 Å². The zero-order valence-electron chi connectivity index (χ0n) is 20.7. The second-order valence-corrected chi connectivity index (χ2v) is 9.22. The Morgan fingerprint density at radius 2 is 1.57 bits per heavy atom. The first kappa shape index (κ1) is 27.5. The lowest BCUT2D eigenvalue weighted by Gasteiger charge is -2.23. The van der Waals surface area contributed by atoms with Gasteiger partial charge in [-0.3, -0.25) is 24.0 Å². The highest BCUT2D eigenvalue weighted by Crippen LogP contribution is 2.19. The summed E-state index contributed by atoms with van der Waals surface area (Å²) in [6.45, 7) is 7.08. The molecular weight excluding hydrogens is 452 g/mol. The number of hydrogen-bond donors (Lipinski definition) is 2. The monoisotopic (exact) mass is 484 g/mol. The average molecular weight is 485 g/mol. The largest absolute Gasteiger partial charge is 0.460 e. The van der Waals surface area contributed by atoms with Crippen LogP contribution in [0.15, 0.2) is 42.5 Å². The maximum absolute atomic E-state index is 12.8. The standard InChI is InChI=1S/C26H32N2O7/c1-16(27-17(2)29)25(33)28-21(14-24(32)35-26(3,4)5)22(30)15-34-23(31)13-19-11-8-10-18-9-6-7-12-20(18)19/h6-12,16,21H,13-15H2,1-5H3,(H,27,29)(H,28,33). The molecule has 0 aliphatic carbocycles. The van der Waals surface area contributed by atoms with Crippen molar-refractivity contribution in [2.75, 3.05) is 6.61 Å². The van der Waals surface area contributed by atoms with E-state index in [4.69, 9.17) is 9.47 Å². The molecule has 2 aromatic carbocycles. The van der Waals surface area contributed by atoms with Crippen LogP contribution < -0.4 is 10.6 Å². The second-order valence-electron chi connectivity index (χ2n) is 9.22. The van der Waals surface area contributed by atoms with E-state index in [-0.39, 0.29) is 6.42 Å². The van der Waals surface area contributed by atoms with Gasteiger partial charge in [-0.1, -0.05) is 42.5 Å². The Bertz CT molecular complexity index is 1100. The average Bonchev–Trinajstić information content (AvgIpc) is 2.75. The van der Waals surface area contributed by atoms with E-state index in [1.165, 1.54) is 13.8 Å². The number of carbonyl (C=O) groups is 5. The maximum atomic E-state index is 12.8. The number of carbonyl (C=O) groups excluding carboxylic acids is 5. The van der Waals surface area contributed by atoms with E-state index in [0.717, 1.165) is 16.3 Å². The molecule has 0 heterocycles. The quantitative estimate of drug-likeness (QED) is 0.495. The summed E-state index contributed by atoms with van der Waals surface area (Å²) in [4.78, 5) is 61.2. The minimum Gasteiger partial charge on any atom is -0.460 e. The van der Waals surface area contributed by atoms with Crippen LogP contribution in [-0.4, -0.2) is 53.8 Å². The molecule has 0 fully saturated rings. The summed E-state index contributed by atoms with van der Waals surface area (Å²) in [6, 6.07) is 10.9. The van der Waals surface area contributed by atoms with Crippen molar-refractivity contribution >= 4 is 40.3 Å². The molecule has 9 heteroatoms. The zero-order valence-corrected chi connectivity index (χ0v) is 20.7. The van der Waals surface area contributed by atoms with Gasteiger partial charge >= 0.3 is 11.9 Å². The number of hydrogen-bond acceptors (Lipinski definition) is 7. The lowest BCUT2D eigenvalue weighted by molar-refractivity contribution is -0.157. The van der Waals surface area contributed by atoms with Gasteiger partial charge in [-0.25, -0.2) is 0 Å². The molecule has 2 N–H and O–H groups in total. The van der Waals surface area contributed by atoms with E-state index in [9.17, 15) is 24.0 Å². The molecule has 0 bridgehead atoms. The van der Waals surface area contributed by atoms with Crippen LogP contribution in [0, 0.1) is 0 Å². The number of nitrogens with one attached hydrogen (secondary N) is 2. The van der Waals surface area contributed by atoms with Gasteiger partial charge in [-0.2, -0.15) is 0 Å². The Kier molecular flexibility index (Phi) is 9.50. The van der Waals surface area contributed by atoms with Crippen molar-refractivity contribution in [1.82, 2.24) is 10.6 Å². The van der Waals surface area contributed by atoms with Crippen LogP contribution in [-0.2, 0) is 39.9 Å². The number of Topliss-reactive ketones (excluding diaryl/α,β-unsaturated/α-hetero) is 1. The molecule has 0 saturated carbocycles. The van der Waals surface area contributed by atoms with Crippen LogP contribution >= 0.6 is 0 Å². The Labute approximate surface area is 204 Å². The Morgan fingerprint density at radius 3 is 2.23 bits per heavy atom. The number of fused-ring (bicyclic) bond motifs is 1. The topological polar surface area (TPSA) is 128 Å². The minimum absolute atomic E-state index is 0.0444. The third-order valence-corrected chi connectivity index (χ3v) is 4.90. The van der Waals surface area contributed by atoms with Crippen molar-refractivity contribution in [1.29, 1.82) is 0 Å². The van der Waals surface area contributed by atoms with Crippen molar-refractivity contribution in [3.63, 3.8) is 0 Å². The van der Waals surface area contributed by atoms with Crippen LogP contribution in [0.5, 0.6) is 0 Å². The normalized spacial score (nSPS) is 12.8. The van der Waals surface area contributed by atoms with Gasteiger partial charge in [0.25, 0.3) is 0 Å². The fraction of sp³-hybridized carbons (Fsp3) is 0.423. The van der Waals surface area contributed by atoms with Gasteiger partial charge in [0.2, 0.25) is 11.8 Å². The summed E-state index contributed by atoms with van der Waals surface area (Å²) in [5.41, 5.74) is -0.0356. The highest BCUT2D eigenvalue weighted by Gasteiger charge is 2.29. The molecule has 0 spiro atoms. The van der Waals surface area contributed by atoms with Gasteiger partial charge < -0.3 is 20.1 Å². The lowest BCUT2D eigenvalue weighted by atomic mass is 10.0. The SMILES string of the molecule is CC(=O)NC(C)C(=O)NC(CC(=O)OC(C)(C)C)C(=O)COC(=O)Cc1cccc2ccccc12. The van der Waals surface area contributed by atoms with Crippen LogP contribution in [0.2, 0.25) is 0 Å². The summed E-state index contributed by atoms with van der Waals surface area (Å²) < 4.78 is 10.4. The number of esters is 2. The summed E-state index contributed by atoms with van der Waals surface area (Å²) in [5, 5.41) is 6.72. The van der Waals surface area contributed by atoms with Gasteiger partial charge in [-0.15, -0.1) is 0 Å². The molecule has 35 heavy (non-hydrogen) atoms. The highest BCUT2D eigenvalue weighted by atomic mass is 16.6. The van der Waals surface area contributed by atoms with Crippen molar-refractivity contribution in [3.05, 3.63) is 48.0 Å². The molecule has 2 aromatic rings. The van der Waals surface area contributed by atoms with Crippen LogP contribution in [0.25, 0.3) is 10.8 Å². The molecule has 188 valence electrons. The molecule has 0 aliphatic rings. The molecule has 2 unspecified atom stereocenters. The smallest absolute Gasteiger partial charge is 0.310 e. The molecule has 0 saturated heterocycles. The first-order valence-electron chi connectivity index (χ1n) is 11.3. The van der Waals surface area contributed by atoms with E-state index in [1.807, 2.05) is 36.4 Å². The van der Waals surface area contributed by atoms with E-state index < -0.39 is 60.2 Å². The first-order valence-corrected chi connectivity index (χ1v) is 11.3. The lowest BCUT2D eigenvalue weighted by Crippen LogP contribution is -2.51. The number of ketones is 1. The molecule has 9 nitrogen and oxygen atoms in total. The van der Waals surface area contributed by atoms with Gasteiger partial charge in [0.15, 0.2) is 12.4 Å². The summed E-state index contributed by atoms with van der Waals surface area (Å²) in [7, 11) is 0. The predicted molar refractivity (Wildman–Crippen MR) is 129 cm³/mol. The first-order chi connectivity index (χ1) is 16.4. The molecule has 2 amide bonds. The molecule has 0 aromatic heterocycles. The van der Waals surface area contributed by atoms with E-state index in [0.29, 0.717) is 0 Å². The molecule has 2 rings (SSSR count). The third kappa shape index (κ3) is 9.19. The number of benzene rings is 2. The van der Waals surface area contributed by atoms with Gasteiger partial charge in [0.1, 0.15) is 17.7 Å². The predicted octanol–water partition coefficient (Wildman–Crippen LogP) is 2.24. The van der Waals surface area contributed by atoms with Crippen molar-refractivity contribution in [3.8, 4) is 0 Å². The van der Waals surface area contributed by atoms with Gasteiger partial charge in [0.05, 0.1) is 12.8 Å². The van der Waals surface area contributed by atoms with Crippen LogP contribution in [0.4, 0.5) is 0 Å². The van der Waals surface area contributed by atoms with Crippen molar-refractivity contribution < 1.29 is 33.4 Å². The van der Waals surface area contributed by atoms with E-state index in [2.05, 4.69) is 10.6 Å². The Morgan fingerprint density at radius 1 is 0.914 bits per heavy atom. The minimum atomic E-state index is -1.29. The van der Waals surface area contributed by atoms with Crippen molar-refractivity contribution in [2.24, 2.45) is 0 Å². The van der Waals surface area contributed by atoms with E-state index in [1.54, 1.807) is 26.8 Å². The van der Waals surface area contributed by atoms with Crippen LogP contribution in [0.3, 0.4) is 0 Å². The number of amides is 2. The summed E-state index contributed by atoms with van der Waals surface area (Å²) in [6.07, 6.45) is -0.493. The van der Waals surface area contributed by atoms with Crippen LogP contribution in [0.1, 0.15) is 46.6 Å². The molecule has 0 radical (unpaired) electrons. The highest BCUT2D eigenvalue weighted by molar-refractivity contribution is 5.96. The zero-order chi connectivity index (χ0) is 26.2. The van der Waals surface area contributed by atoms with Gasteiger partial charge in [0, 0.05) is 6.92 Å². The molecular formula is C26H32N2O7. The molecule has 0 aliphatic heterocycles.